The highest BCUT2D eigenvalue weighted by Gasteiger charge is 2.26. The van der Waals surface area contributed by atoms with Gasteiger partial charge in [0.25, 0.3) is 11.8 Å². The van der Waals surface area contributed by atoms with Crippen molar-refractivity contribution in [2.75, 3.05) is 25.1 Å². The number of amides is 2. The molecule has 0 unspecified atom stereocenters. The summed E-state index contributed by atoms with van der Waals surface area (Å²) in [6.45, 7) is 3.12. The summed E-state index contributed by atoms with van der Waals surface area (Å²) in [5.74, 6) is 0.166. The summed E-state index contributed by atoms with van der Waals surface area (Å²) in [6, 6.07) is 3.65. The number of carbonyl (C=O) groups excluding carboxylic acids is 2. The van der Waals surface area contributed by atoms with Gasteiger partial charge in [-0.25, -0.2) is 4.98 Å². The second-order valence-corrected chi connectivity index (χ2v) is 4.34. The van der Waals surface area contributed by atoms with E-state index in [1.165, 1.54) is 4.90 Å². The number of carbonyl (C=O) groups is 2. The Labute approximate surface area is 111 Å². The van der Waals surface area contributed by atoms with Crippen molar-refractivity contribution in [2.45, 2.75) is 19.9 Å². The largest absolute Gasteiger partial charge is 0.370 e. The van der Waals surface area contributed by atoms with Gasteiger partial charge in [-0.15, -0.1) is 0 Å². The van der Waals surface area contributed by atoms with E-state index in [1.54, 1.807) is 12.3 Å². The lowest BCUT2D eigenvalue weighted by Crippen LogP contribution is -2.45. The molecule has 1 aliphatic heterocycles. The van der Waals surface area contributed by atoms with E-state index in [-0.39, 0.29) is 31.6 Å². The molecule has 0 radical (unpaired) electrons. The van der Waals surface area contributed by atoms with Gasteiger partial charge in [-0.05, 0) is 24.1 Å². The van der Waals surface area contributed by atoms with E-state index in [4.69, 9.17) is 4.74 Å². The Morgan fingerprint density at radius 2 is 2.11 bits per heavy atom. The lowest BCUT2D eigenvalue weighted by Gasteiger charge is -2.24. The standard InChI is InChI=1S/C13H17N3O3/c1-2-4-14-11-6-10(3-5-15-11)7-16-12(17)8-19-9-13(16)18/h3,5-6H,2,4,7-9H2,1H3,(H,14,15). The van der Waals surface area contributed by atoms with Crippen LogP contribution >= 0.6 is 0 Å². The Morgan fingerprint density at radius 1 is 1.37 bits per heavy atom. The molecule has 19 heavy (non-hydrogen) atoms. The van der Waals surface area contributed by atoms with Gasteiger partial charge in [-0.1, -0.05) is 6.92 Å². The van der Waals surface area contributed by atoms with Crippen LogP contribution in [-0.2, 0) is 20.9 Å². The van der Waals surface area contributed by atoms with Crippen LogP contribution in [0.5, 0.6) is 0 Å². The van der Waals surface area contributed by atoms with Gasteiger partial charge < -0.3 is 10.1 Å². The number of pyridine rings is 1. The molecule has 2 heterocycles. The summed E-state index contributed by atoms with van der Waals surface area (Å²) in [4.78, 5) is 28.6. The third-order valence-electron chi connectivity index (χ3n) is 2.77. The highest BCUT2D eigenvalue weighted by molar-refractivity contribution is 5.98. The molecule has 1 N–H and O–H groups in total. The van der Waals surface area contributed by atoms with Crippen LogP contribution in [0, 0.1) is 0 Å². The number of ether oxygens (including phenoxy) is 1. The van der Waals surface area contributed by atoms with Crippen LogP contribution in [0.3, 0.4) is 0 Å². The summed E-state index contributed by atoms with van der Waals surface area (Å²) in [5, 5.41) is 3.17. The van der Waals surface area contributed by atoms with E-state index >= 15 is 0 Å². The van der Waals surface area contributed by atoms with E-state index in [0.717, 1.165) is 24.3 Å². The molecular formula is C13H17N3O3. The van der Waals surface area contributed by atoms with Crippen molar-refractivity contribution in [3.8, 4) is 0 Å². The SMILES string of the molecule is CCCNc1cc(CN2C(=O)COCC2=O)ccn1. The predicted molar refractivity (Wildman–Crippen MR) is 69.4 cm³/mol. The fraction of sp³-hybridized carbons (Fsp3) is 0.462. The number of anilines is 1. The van der Waals surface area contributed by atoms with Gasteiger partial charge in [0.05, 0.1) is 6.54 Å². The van der Waals surface area contributed by atoms with Crippen LogP contribution < -0.4 is 5.32 Å². The molecule has 6 heteroatoms. The Balaban J connectivity index is 2.05. The molecule has 2 rings (SSSR count). The Kier molecular flexibility index (Phi) is 4.46. The topological polar surface area (TPSA) is 71.5 Å². The summed E-state index contributed by atoms with van der Waals surface area (Å²) < 4.78 is 4.87. The normalized spacial score (nSPS) is 15.7. The second kappa shape index (κ2) is 6.29. The van der Waals surface area contributed by atoms with E-state index in [1.807, 2.05) is 6.07 Å². The number of nitrogens with zero attached hydrogens (tertiary/aromatic N) is 2. The predicted octanol–water partition coefficient (Wildman–Crippen LogP) is 0.789. The third kappa shape index (κ3) is 3.51. The van der Waals surface area contributed by atoms with Gasteiger partial charge in [0.15, 0.2) is 0 Å². The molecule has 0 saturated carbocycles. The second-order valence-electron chi connectivity index (χ2n) is 4.34. The molecule has 0 spiro atoms. The lowest BCUT2D eigenvalue weighted by molar-refractivity contribution is -0.159. The number of imide groups is 1. The van der Waals surface area contributed by atoms with Gasteiger partial charge in [-0.2, -0.15) is 0 Å². The first kappa shape index (κ1) is 13.5. The number of nitrogens with one attached hydrogen (secondary N) is 1. The zero-order valence-corrected chi connectivity index (χ0v) is 10.9. The zero-order valence-electron chi connectivity index (χ0n) is 10.9. The van der Waals surface area contributed by atoms with Gasteiger partial charge in [-0.3, -0.25) is 14.5 Å². The van der Waals surface area contributed by atoms with Gasteiger partial charge in [0.1, 0.15) is 19.0 Å². The molecular weight excluding hydrogens is 246 g/mol. The summed E-state index contributed by atoms with van der Waals surface area (Å²) in [7, 11) is 0. The molecule has 1 aliphatic rings. The van der Waals surface area contributed by atoms with Gasteiger partial charge in [0.2, 0.25) is 0 Å². The number of hydrogen-bond acceptors (Lipinski definition) is 5. The number of aromatic nitrogens is 1. The Morgan fingerprint density at radius 3 is 2.79 bits per heavy atom. The molecule has 0 bridgehead atoms. The molecule has 2 amide bonds. The number of rotatable bonds is 5. The Bertz CT molecular complexity index is 460. The molecule has 1 fully saturated rings. The molecule has 1 saturated heterocycles. The average molecular weight is 263 g/mol. The van der Waals surface area contributed by atoms with Crippen molar-refractivity contribution in [2.24, 2.45) is 0 Å². The third-order valence-corrected chi connectivity index (χ3v) is 2.77. The van der Waals surface area contributed by atoms with E-state index < -0.39 is 0 Å². The molecule has 6 nitrogen and oxygen atoms in total. The maximum absolute atomic E-state index is 11.6. The van der Waals surface area contributed by atoms with Crippen molar-refractivity contribution in [1.82, 2.24) is 9.88 Å². The van der Waals surface area contributed by atoms with Crippen LogP contribution in [0.2, 0.25) is 0 Å². The average Bonchev–Trinajstić information content (AvgIpc) is 2.41. The zero-order chi connectivity index (χ0) is 13.7. The van der Waals surface area contributed by atoms with Crippen LogP contribution in [0.25, 0.3) is 0 Å². The number of morpholine rings is 1. The van der Waals surface area contributed by atoms with Crippen molar-refractivity contribution in [3.05, 3.63) is 23.9 Å². The fourth-order valence-corrected chi connectivity index (χ4v) is 1.80. The fourth-order valence-electron chi connectivity index (χ4n) is 1.80. The van der Waals surface area contributed by atoms with Crippen molar-refractivity contribution < 1.29 is 14.3 Å². The maximum Gasteiger partial charge on any atom is 0.255 e. The Hall–Kier alpha value is -1.95. The molecule has 102 valence electrons. The summed E-state index contributed by atoms with van der Waals surface area (Å²) >= 11 is 0. The molecule has 0 atom stereocenters. The minimum absolute atomic E-state index is 0.0300. The first-order valence-electron chi connectivity index (χ1n) is 6.30. The van der Waals surface area contributed by atoms with Crippen LogP contribution in [0.15, 0.2) is 18.3 Å². The van der Waals surface area contributed by atoms with Gasteiger partial charge >= 0.3 is 0 Å². The van der Waals surface area contributed by atoms with Crippen LogP contribution in [0.1, 0.15) is 18.9 Å². The summed E-state index contributed by atoms with van der Waals surface area (Å²) in [6.07, 6.45) is 2.68. The van der Waals surface area contributed by atoms with E-state index in [2.05, 4.69) is 17.2 Å². The molecule has 0 aromatic carbocycles. The smallest absolute Gasteiger partial charge is 0.255 e. The first-order chi connectivity index (χ1) is 9.20. The van der Waals surface area contributed by atoms with Gasteiger partial charge in [0, 0.05) is 12.7 Å². The first-order valence-corrected chi connectivity index (χ1v) is 6.30. The van der Waals surface area contributed by atoms with Crippen LogP contribution in [-0.4, -0.2) is 41.5 Å². The van der Waals surface area contributed by atoms with Crippen molar-refractivity contribution in [3.63, 3.8) is 0 Å². The molecule has 1 aromatic heterocycles. The minimum atomic E-state index is -0.295. The molecule has 0 aliphatic carbocycles. The highest BCUT2D eigenvalue weighted by Crippen LogP contribution is 2.12. The van der Waals surface area contributed by atoms with Crippen molar-refractivity contribution >= 4 is 17.6 Å². The maximum atomic E-state index is 11.6. The molecule has 1 aromatic rings. The van der Waals surface area contributed by atoms with E-state index in [9.17, 15) is 9.59 Å². The quantitative estimate of drug-likeness (QED) is 0.795. The van der Waals surface area contributed by atoms with Crippen LogP contribution in [0.4, 0.5) is 5.82 Å². The highest BCUT2D eigenvalue weighted by atomic mass is 16.5. The van der Waals surface area contributed by atoms with E-state index in [0.29, 0.717) is 0 Å². The lowest BCUT2D eigenvalue weighted by atomic mass is 10.2. The monoisotopic (exact) mass is 263 g/mol. The number of hydrogen-bond donors (Lipinski definition) is 1. The minimum Gasteiger partial charge on any atom is -0.370 e. The van der Waals surface area contributed by atoms with Crippen molar-refractivity contribution in [1.29, 1.82) is 0 Å². The summed E-state index contributed by atoms with van der Waals surface area (Å²) in [5.41, 5.74) is 0.872.